The molecule has 0 spiro atoms. The van der Waals surface area contributed by atoms with Crippen LogP contribution in [0.15, 0.2) is 60.8 Å². The summed E-state index contributed by atoms with van der Waals surface area (Å²) in [5, 5.41) is 9.60. The lowest BCUT2D eigenvalue weighted by Gasteiger charge is -2.15. The Morgan fingerprint density at radius 1 is 0.397 bits per heavy atom. The molecular formula is C53H94O5. The molecule has 0 aromatic heterocycles. The molecule has 0 rings (SSSR count). The number of carbonyl (C=O) groups excluding carboxylic acids is 2. The van der Waals surface area contributed by atoms with Gasteiger partial charge in [-0.1, -0.05) is 222 Å². The Hall–Kier alpha value is -2.40. The van der Waals surface area contributed by atoms with Crippen LogP contribution in [0.4, 0.5) is 0 Å². The fraction of sp³-hybridized carbons (Fsp3) is 0.774. The first-order valence-corrected chi connectivity index (χ1v) is 24.8. The van der Waals surface area contributed by atoms with Crippen molar-refractivity contribution in [2.24, 2.45) is 0 Å². The number of carbonyl (C=O) groups is 2. The number of allylic oxidation sites excluding steroid dienone is 10. The van der Waals surface area contributed by atoms with Crippen LogP contribution in [0.3, 0.4) is 0 Å². The van der Waals surface area contributed by atoms with Crippen molar-refractivity contribution >= 4 is 11.9 Å². The second-order valence-electron chi connectivity index (χ2n) is 16.5. The van der Waals surface area contributed by atoms with Crippen LogP contribution < -0.4 is 0 Å². The van der Waals surface area contributed by atoms with E-state index >= 15 is 0 Å². The Balaban J connectivity index is 3.61. The van der Waals surface area contributed by atoms with Gasteiger partial charge in [-0.15, -0.1) is 0 Å². The van der Waals surface area contributed by atoms with E-state index in [0.717, 1.165) is 38.5 Å². The van der Waals surface area contributed by atoms with Crippen LogP contribution in [0.25, 0.3) is 0 Å². The predicted molar refractivity (Wildman–Crippen MR) is 251 cm³/mol. The van der Waals surface area contributed by atoms with Gasteiger partial charge in [0.2, 0.25) is 0 Å². The van der Waals surface area contributed by atoms with Crippen LogP contribution in [-0.4, -0.2) is 36.4 Å². The summed E-state index contributed by atoms with van der Waals surface area (Å²) < 4.78 is 10.6. The summed E-state index contributed by atoms with van der Waals surface area (Å²) >= 11 is 0. The average molecular weight is 811 g/mol. The molecule has 5 heteroatoms. The number of rotatable bonds is 45. The third-order valence-electron chi connectivity index (χ3n) is 10.8. The fourth-order valence-electron chi connectivity index (χ4n) is 7.02. The van der Waals surface area contributed by atoms with Gasteiger partial charge >= 0.3 is 11.9 Å². The number of unbranched alkanes of at least 4 members (excludes halogenated alkanes) is 27. The lowest BCUT2D eigenvalue weighted by Crippen LogP contribution is -2.28. The molecule has 0 saturated carbocycles. The number of aliphatic hydroxyl groups is 1. The molecule has 0 aliphatic carbocycles. The van der Waals surface area contributed by atoms with Crippen LogP contribution in [0.5, 0.6) is 0 Å². The maximum absolute atomic E-state index is 12.2. The first-order valence-electron chi connectivity index (χ1n) is 24.8. The van der Waals surface area contributed by atoms with Crippen LogP contribution in [-0.2, 0) is 19.1 Å². The number of hydrogen-bond acceptors (Lipinski definition) is 5. The molecule has 0 aliphatic heterocycles. The summed E-state index contributed by atoms with van der Waals surface area (Å²) in [5.41, 5.74) is 0. The lowest BCUT2D eigenvalue weighted by molar-refractivity contribution is -0.161. The highest BCUT2D eigenvalue weighted by molar-refractivity contribution is 5.70. The minimum atomic E-state index is -0.811. The van der Waals surface area contributed by atoms with Gasteiger partial charge in [0.1, 0.15) is 6.61 Å². The van der Waals surface area contributed by atoms with Gasteiger partial charge in [0.15, 0.2) is 6.10 Å². The van der Waals surface area contributed by atoms with Gasteiger partial charge in [0.25, 0.3) is 0 Å². The van der Waals surface area contributed by atoms with E-state index in [4.69, 9.17) is 9.47 Å². The lowest BCUT2D eigenvalue weighted by atomic mass is 10.0. The zero-order valence-electron chi connectivity index (χ0n) is 38.3. The number of esters is 2. The van der Waals surface area contributed by atoms with Crippen molar-refractivity contribution in [2.75, 3.05) is 13.2 Å². The molecular weight excluding hydrogens is 717 g/mol. The number of hydrogen-bond donors (Lipinski definition) is 1. The van der Waals surface area contributed by atoms with E-state index in [2.05, 4.69) is 74.6 Å². The predicted octanol–water partition coefficient (Wildman–Crippen LogP) is 16.3. The van der Waals surface area contributed by atoms with Crippen LogP contribution in [0.2, 0.25) is 0 Å². The maximum Gasteiger partial charge on any atom is 0.306 e. The summed E-state index contributed by atoms with van der Waals surface area (Å²) in [6, 6.07) is 0. The minimum absolute atomic E-state index is 0.106. The quantitative estimate of drug-likeness (QED) is 0.0377. The molecule has 0 aromatic carbocycles. The molecule has 58 heavy (non-hydrogen) atoms. The van der Waals surface area contributed by atoms with Crippen molar-refractivity contribution in [3.8, 4) is 0 Å². The van der Waals surface area contributed by atoms with E-state index in [1.807, 2.05) is 0 Å². The van der Waals surface area contributed by atoms with Crippen molar-refractivity contribution in [1.29, 1.82) is 0 Å². The van der Waals surface area contributed by atoms with Crippen molar-refractivity contribution in [1.82, 2.24) is 0 Å². The summed E-state index contributed by atoms with van der Waals surface area (Å²) in [7, 11) is 0. The molecule has 336 valence electrons. The zero-order valence-corrected chi connectivity index (χ0v) is 38.3. The van der Waals surface area contributed by atoms with Gasteiger partial charge < -0.3 is 14.6 Å². The zero-order chi connectivity index (χ0) is 42.1. The highest BCUT2D eigenvalue weighted by atomic mass is 16.6. The van der Waals surface area contributed by atoms with E-state index in [0.29, 0.717) is 25.7 Å². The monoisotopic (exact) mass is 811 g/mol. The summed E-state index contributed by atoms with van der Waals surface area (Å²) in [5.74, 6) is -0.689. The van der Waals surface area contributed by atoms with Crippen molar-refractivity contribution in [3.05, 3.63) is 60.8 Å². The van der Waals surface area contributed by atoms with Crippen molar-refractivity contribution in [2.45, 2.75) is 251 Å². The van der Waals surface area contributed by atoms with Crippen molar-refractivity contribution in [3.63, 3.8) is 0 Å². The molecule has 0 radical (unpaired) electrons. The van der Waals surface area contributed by atoms with Gasteiger partial charge in [-0.2, -0.15) is 0 Å². The average Bonchev–Trinajstić information content (AvgIpc) is 3.23. The Morgan fingerprint density at radius 2 is 0.690 bits per heavy atom. The first kappa shape index (κ1) is 55.6. The topological polar surface area (TPSA) is 72.8 Å². The third kappa shape index (κ3) is 46.3. The molecule has 1 N–H and O–H groups in total. The normalized spacial score (nSPS) is 12.7. The van der Waals surface area contributed by atoms with Crippen LogP contribution in [0, 0.1) is 0 Å². The standard InChI is InChI=1S/C53H94O5/c1-3-5-7-9-11-13-15-17-19-21-23-25-26-28-30-32-34-36-38-40-42-44-46-48-53(56)58-51(49-54)50-57-52(55)47-45-43-41-39-37-35-33-31-29-27-24-22-20-18-16-14-12-10-8-6-4-2/h20,22,27,29,33,35,39-42,51,54H,3-19,21,23-26,28,30-32,34,36-38,43-50H2,1-2H3/b22-20+,29-27+,35-33+,41-39+,42-40+/t51-/m0/s1. The largest absolute Gasteiger partial charge is 0.462 e. The Bertz CT molecular complexity index is 1010. The molecule has 0 saturated heterocycles. The molecule has 0 amide bonds. The van der Waals surface area contributed by atoms with Gasteiger partial charge in [-0.3, -0.25) is 9.59 Å². The Morgan fingerprint density at radius 3 is 1.05 bits per heavy atom. The molecule has 0 fully saturated rings. The summed E-state index contributed by atoms with van der Waals surface area (Å²) in [6.45, 7) is 4.09. The highest BCUT2D eigenvalue weighted by Gasteiger charge is 2.15. The molecule has 0 heterocycles. The van der Waals surface area contributed by atoms with Crippen LogP contribution in [0.1, 0.15) is 245 Å². The van der Waals surface area contributed by atoms with Gasteiger partial charge in [-0.25, -0.2) is 0 Å². The Labute approximate surface area is 360 Å². The summed E-state index contributed by atoms with van der Waals surface area (Å²) in [6.07, 6.45) is 64.7. The minimum Gasteiger partial charge on any atom is -0.462 e. The third-order valence-corrected chi connectivity index (χ3v) is 10.8. The molecule has 1 atom stereocenters. The number of ether oxygens (including phenoxy) is 2. The fourth-order valence-corrected chi connectivity index (χ4v) is 7.02. The molecule has 0 aromatic rings. The van der Waals surface area contributed by atoms with Crippen molar-refractivity contribution < 1.29 is 24.2 Å². The van der Waals surface area contributed by atoms with E-state index in [1.54, 1.807) is 0 Å². The second-order valence-corrected chi connectivity index (χ2v) is 16.5. The van der Waals surface area contributed by atoms with E-state index in [1.165, 1.54) is 167 Å². The number of aliphatic hydroxyl groups excluding tert-OH is 1. The first-order chi connectivity index (χ1) is 28.6. The second kappa shape index (κ2) is 49.0. The molecule has 0 aliphatic rings. The van der Waals surface area contributed by atoms with Gasteiger partial charge in [0.05, 0.1) is 6.61 Å². The van der Waals surface area contributed by atoms with Gasteiger partial charge in [0, 0.05) is 12.8 Å². The maximum atomic E-state index is 12.2. The van der Waals surface area contributed by atoms with Crippen LogP contribution >= 0.6 is 0 Å². The Kier molecular flexibility index (Phi) is 46.9. The SMILES string of the molecule is CCCCCCCCC/C=C/C/C=C/C/C=C/C/C=C/CCCC(=O)OC[C@H](CO)OC(=O)CCC/C=C/CCCCCCCCCCCCCCCCCCCC. The van der Waals surface area contributed by atoms with E-state index in [9.17, 15) is 14.7 Å². The smallest absolute Gasteiger partial charge is 0.306 e. The summed E-state index contributed by atoms with van der Waals surface area (Å²) in [4.78, 5) is 24.4. The molecule has 0 unspecified atom stereocenters. The van der Waals surface area contributed by atoms with E-state index in [-0.39, 0.29) is 25.2 Å². The van der Waals surface area contributed by atoms with Gasteiger partial charge in [-0.05, 0) is 70.6 Å². The molecule has 5 nitrogen and oxygen atoms in total. The molecule has 0 bridgehead atoms. The highest BCUT2D eigenvalue weighted by Crippen LogP contribution is 2.15. The van der Waals surface area contributed by atoms with E-state index < -0.39 is 6.10 Å².